The van der Waals surface area contributed by atoms with Crippen LogP contribution in [0.3, 0.4) is 0 Å². The van der Waals surface area contributed by atoms with E-state index in [9.17, 15) is 0 Å². The highest BCUT2D eigenvalue weighted by Gasteiger charge is 2.23. The number of benzene rings is 1. The highest BCUT2D eigenvalue weighted by atomic mass is 127. The third-order valence-corrected chi connectivity index (χ3v) is 6.47. The van der Waals surface area contributed by atoms with Crippen LogP contribution in [-0.2, 0) is 6.54 Å². The second-order valence-electron chi connectivity index (χ2n) is 8.56. The largest absolute Gasteiger partial charge is 0.497 e. The SMILES string of the molecule is CN=C(NCc1ccnc(N2CCCC2)c1)NCC(c1ccc(OC)cc1)N1CCCC1.I. The van der Waals surface area contributed by atoms with Crippen molar-refractivity contribution in [3.63, 3.8) is 0 Å². The third kappa shape index (κ3) is 6.96. The predicted molar refractivity (Wildman–Crippen MR) is 146 cm³/mol. The maximum absolute atomic E-state index is 5.34. The Morgan fingerprint density at radius 3 is 2.39 bits per heavy atom. The standard InChI is InChI=1S/C25H36N6O.HI/c1-26-25(28-18-20-11-12-27-24(17-20)31-15-5-6-16-31)29-19-23(30-13-3-4-14-30)21-7-9-22(32-2)10-8-21;/h7-12,17,23H,3-6,13-16,18-19H2,1-2H3,(H2,26,28,29);1H. The number of guanidine groups is 1. The summed E-state index contributed by atoms with van der Waals surface area (Å²) in [6, 6.07) is 13.0. The zero-order valence-electron chi connectivity index (χ0n) is 19.8. The number of rotatable bonds is 8. The molecule has 33 heavy (non-hydrogen) atoms. The van der Waals surface area contributed by atoms with Crippen LogP contribution in [0.5, 0.6) is 5.75 Å². The van der Waals surface area contributed by atoms with Crippen LogP contribution < -0.4 is 20.3 Å². The molecular weight excluding hydrogens is 527 g/mol. The molecule has 2 aromatic rings. The first-order valence-corrected chi connectivity index (χ1v) is 11.8. The molecule has 1 aromatic heterocycles. The Morgan fingerprint density at radius 1 is 1.03 bits per heavy atom. The summed E-state index contributed by atoms with van der Waals surface area (Å²) in [5.74, 6) is 2.80. The maximum atomic E-state index is 5.34. The van der Waals surface area contributed by atoms with Crippen LogP contribution in [-0.4, -0.2) is 62.7 Å². The van der Waals surface area contributed by atoms with E-state index in [4.69, 9.17) is 4.74 Å². The van der Waals surface area contributed by atoms with Gasteiger partial charge in [0, 0.05) is 39.4 Å². The lowest BCUT2D eigenvalue weighted by atomic mass is 10.1. The van der Waals surface area contributed by atoms with Gasteiger partial charge in [-0.1, -0.05) is 12.1 Å². The summed E-state index contributed by atoms with van der Waals surface area (Å²) in [7, 11) is 3.54. The number of anilines is 1. The van der Waals surface area contributed by atoms with E-state index in [0.717, 1.165) is 56.8 Å². The second-order valence-corrected chi connectivity index (χ2v) is 8.56. The van der Waals surface area contributed by atoms with Crippen molar-refractivity contribution in [3.05, 3.63) is 53.7 Å². The van der Waals surface area contributed by atoms with Crippen LogP contribution in [0.15, 0.2) is 47.6 Å². The lowest BCUT2D eigenvalue weighted by Crippen LogP contribution is -2.42. The van der Waals surface area contributed by atoms with Crippen LogP contribution in [0.2, 0.25) is 0 Å². The lowest BCUT2D eigenvalue weighted by Gasteiger charge is -2.29. The van der Waals surface area contributed by atoms with Gasteiger partial charge >= 0.3 is 0 Å². The first-order valence-electron chi connectivity index (χ1n) is 11.8. The minimum Gasteiger partial charge on any atom is -0.497 e. The summed E-state index contributed by atoms with van der Waals surface area (Å²) in [5.41, 5.74) is 2.52. The Balaban J connectivity index is 0.00000306. The molecule has 4 rings (SSSR count). The third-order valence-electron chi connectivity index (χ3n) is 6.47. The van der Waals surface area contributed by atoms with Gasteiger partial charge in [-0.25, -0.2) is 4.98 Å². The molecule has 3 heterocycles. The Bertz CT molecular complexity index is 879. The highest BCUT2D eigenvalue weighted by Crippen LogP contribution is 2.26. The number of ether oxygens (including phenoxy) is 1. The van der Waals surface area contributed by atoms with Crippen molar-refractivity contribution in [2.45, 2.75) is 38.3 Å². The van der Waals surface area contributed by atoms with Gasteiger partial charge < -0.3 is 20.3 Å². The van der Waals surface area contributed by atoms with Crippen molar-refractivity contribution in [1.29, 1.82) is 0 Å². The van der Waals surface area contributed by atoms with Gasteiger partial charge in [0.2, 0.25) is 0 Å². The fraction of sp³-hybridized carbons (Fsp3) is 0.520. The summed E-state index contributed by atoms with van der Waals surface area (Å²) in [4.78, 5) is 13.9. The molecule has 8 heteroatoms. The molecule has 0 saturated carbocycles. The molecule has 7 nitrogen and oxygen atoms in total. The van der Waals surface area contributed by atoms with Crippen molar-refractivity contribution in [1.82, 2.24) is 20.5 Å². The minimum absolute atomic E-state index is 0. The van der Waals surface area contributed by atoms with Crippen molar-refractivity contribution < 1.29 is 4.74 Å². The van der Waals surface area contributed by atoms with E-state index in [-0.39, 0.29) is 24.0 Å². The molecule has 2 aliphatic heterocycles. The molecule has 1 aromatic carbocycles. The molecule has 1 unspecified atom stereocenters. The number of likely N-dealkylation sites (tertiary alicyclic amines) is 1. The first-order chi connectivity index (χ1) is 15.8. The topological polar surface area (TPSA) is 65.0 Å². The van der Waals surface area contributed by atoms with Gasteiger partial charge in [0.1, 0.15) is 11.6 Å². The molecule has 0 spiro atoms. The van der Waals surface area contributed by atoms with Crippen molar-refractivity contribution in [2.24, 2.45) is 4.99 Å². The molecular formula is C25H37IN6O. The van der Waals surface area contributed by atoms with Crippen LogP contribution >= 0.6 is 24.0 Å². The first kappa shape index (κ1) is 25.6. The average Bonchev–Trinajstić information content (AvgIpc) is 3.57. The number of aliphatic imine (C=N–C) groups is 1. The van der Waals surface area contributed by atoms with Crippen LogP contribution in [0.4, 0.5) is 5.82 Å². The fourth-order valence-electron chi connectivity index (χ4n) is 4.63. The number of pyridine rings is 1. The van der Waals surface area contributed by atoms with Gasteiger partial charge in [-0.05, 0) is 74.2 Å². The number of methoxy groups -OCH3 is 1. The number of nitrogens with one attached hydrogen (secondary N) is 2. The van der Waals surface area contributed by atoms with Crippen molar-refractivity contribution in [3.8, 4) is 5.75 Å². The average molecular weight is 565 g/mol. The zero-order valence-corrected chi connectivity index (χ0v) is 22.1. The second kappa shape index (κ2) is 13.0. The maximum Gasteiger partial charge on any atom is 0.191 e. The quantitative estimate of drug-likeness (QED) is 0.289. The normalized spacial score (nSPS) is 17.5. The molecule has 2 N–H and O–H groups in total. The Kier molecular flexibility index (Phi) is 10.1. The van der Waals surface area contributed by atoms with E-state index in [1.807, 2.05) is 25.4 Å². The molecule has 2 saturated heterocycles. The smallest absolute Gasteiger partial charge is 0.191 e. The number of hydrogen-bond acceptors (Lipinski definition) is 5. The molecule has 1 atom stereocenters. The van der Waals surface area contributed by atoms with Gasteiger partial charge in [-0.2, -0.15) is 0 Å². The molecule has 0 radical (unpaired) electrons. The van der Waals surface area contributed by atoms with Gasteiger partial charge in [0.05, 0.1) is 13.2 Å². The molecule has 0 aliphatic carbocycles. The molecule has 0 amide bonds. The summed E-state index contributed by atoms with van der Waals surface area (Å²) >= 11 is 0. The summed E-state index contributed by atoms with van der Waals surface area (Å²) < 4.78 is 5.34. The van der Waals surface area contributed by atoms with Gasteiger partial charge in [0.15, 0.2) is 5.96 Å². The van der Waals surface area contributed by atoms with Gasteiger partial charge in [-0.15, -0.1) is 24.0 Å². The molecule has 180 valence electrons. The minimum atomic E-state index is 0. The Morgan fingerprint density at radius 2 is 1.73 bits per heavy atom. The fourth-order valence-corrected chi connectivity index (χ4v) is 4.63. The van der Waals surface area contributed by atoms with Crippen LogP contribution in [0.25, 0.3) is 0 Å². The molecule has 0 bridgehead atoms. The number of nitrogens with zero attached hydrogens (tertiary/aromatic N) is 4. The van der Waals surface area contributed by atoms with Gasteiger partial charge in [-0.3, -0.25) is 9.89 Å². The van der Waals surface area contributed by atoms with E-state index in [0.29, 0.717) is 6.04 Å². The number of aromatic nitrogens is 1. The molecule has 2 fully saturated rings. The van der Waals surface area contributed by atoms with Gasteiger partial charge in [0.25, 0.3) is 0 Å². The van der Waals surface area contributed by atoms with E-state index >= 15 is 0 Å². The van der Waals surface area contributed by atoms with E-state index < -0.39 is 0 Å². The van der Waals surface area contributed by atoms with Crippen LogP contribution in [0, 0.1) is 0 Å². The monoisotopic (exact) mass is 564 g/mol. The van der Waals surface area contributed by atoms with E-state index in [2.05, 4.69) is 54.7 Å². The van der Waals surface area contributed by atoms with Crippen molar-refractivity contribution in [2.75, 3.05) is 51.8 Å². The summed E-state index contributed by atoms with van der Waals surface area (Å²) in [6.45, 7) is 6.02. The number of hydrogen-bond donors (Lipinski definition) is 2. The predicted octanol–water partition coefficient (Wildman–Crippen LogP) is 3.81. The number of halogens is 1. The Labute approximate surface area is 215 Å². The van der Waals surface area contributed by atoms with Crippen LogP contribution in [0.1, 0.15) is 42.9 Å². The summed E-state index contributed by atoms with van der Waals surface area (Å²) in [6.07, 6.45) is 6.95. The Hall–Kier alpha value is -2.07. The van der Waals surface area contributed by atoms with Crippen molar-refractivity contribution >= 4 is 35.8 Å². The highest BCUT2D eigenvalue weighted by molar-refractivity contribution is 14.0. The van der Waals surface area contributed by atoms with E-state index in [1.165, 1.54) is 36.8 Å². The summed E-state index contributed by atoms with van der Waals surface area (Å²) in [5, 5.41) is 7.03. The molecule has 2 aliphatic rings. The lowest BCUT2D eigenvalue weighted by molar-refractivity contribution is 0.245. The van der Waals surface area contributed by atoms with E-state index in [1.54, 1.807) is 7.11 Å². The zero-order chi connectivity index (χ0) is 22.2.